The van der Waals surface area contributed by atoms with E-state index < -0.39 is 23.7 Å². The molecule has 1 saturated heterocycles. The highest BCUT2D eigenvalue weighted by molar-refractivity contribution is 6.46. The van der Waals surface area contributed by atoms with Gasteiger partial charge in [0.2, 0.25) is 0 Å². The number of rotatable bonds is 7. The molecule has 0 spiro atoms. The Kier molecular flexibility index (Phi) is 6.71. The van der Waals surface area contributed by atoms with Crippen molar-refractivity contribution in [1.29, 1.82) is 0 Å². The summed E-state index contributed by atoms with van der Waals surface area (Å²) in [7, 11) is 2.95. The topological polar surface area (TPSA) is 102 Å². The Hall–Kier alpha value is -3.65. The van der Waals surface area contributed by atoms with E-state index in [-0.39, 0.29) is 24.5 Å². The largest absolute Gasteiger partial charge is 0.507 e. The maximum atomic E-state index is 12.9. The molecule has 1 fully saturated rings. The molecule has 1 aliphatic rings. The van der Waals surface area contributed by atoms with Crippen LogP contribution in [0, 0.1) is 0 Å². The number of ketones is 1. The van der Waals surface area contributed by atoms with Gasteiger partial charge in [-0.3, -0.25) is 14.4 Å². The lowest BCUT2D eigenvalue weighted by atomic mass is 9.95. The normalized spacial score (nSPS) is 17.6. The maximum Gasteiger partial charge on any atom is 0.308 e. The van der Waals surface area contributed by atoms with Gasteiger partial charge in [0.1, 0.15) is 17.3 Å². The van der Waals surface area contributed by atoms with Gasteiger partial charge in [-0.05, 0) is 29.8 Å². The van der Waals surface area contributed by atoms with Crippen LogP contribution in [-0.4, -0.2) is 55.0 Å². The second-order valence-electron chi connectivity index (χ2n) is 6.85. The van der Waals surface area contributed by atoms with Gasteiger partial charge in [-0.15, -0.1) is 0 Å². The van der Waals surface area contributed by atoms with Gasteiger partial charge in [0, 0.05) is 20.6 Å². The number of carbonyl (C=O) groups is 3. The summed E-state index contributed by atoms with van der Waals surface area (Å²) in [6, 6.07) is 12.3. The van der Waals surface area contributed by atoms with Crippen molar-refractivity contribution in [2.45, 2.75) is 13.0 Å². The summed E-state index contributed by atoms with van der Waals surface area (Å²) in [5.41, 5.74) is 0.824. The van der Waals surface area contributed by atoms with Crippen LogP contribution in [0.5, 0.6) is 11.5 Å². The third-order valence-electron chi connectivity index (χ3n) is 4.90. The van der Waals surface area contributed by atoms with Gasteiger partial charge in [0.05, 0.1) is 30.9 Å². The van der Waals surface area contributed by atoms with Gasteiger partial charge in [0.25, 0.3) is 11.7 Å². The van der Waals surface area contributed by atoms with Crippen molar-refractivity contribution in [3.63, 3.8) is 0 Å². The summed E-state index contributed by atoms with van der Waals surface area (Å²) in [5, 5.41) is 11.1. The number of Topliss-reactive ketones (excluding diaryl/α,β-unsaturated/α-hetero) is 1. The Balaban J connectivity index is 2.14. The van der Waals surface area contributed by atoms with Gasteiger partial charge in [-0.2, -0.15) is 0 Å². The van der Waals surface area contributed by atoms with E-state index in [1.807, 2.05) is 0 Å². The van der Waals surface area contributed by atoms with Crippen molar-refractivity contribution < 1.29 is 33.7 Å². The van der Waals surface area contributed by atoms with Crippen LogP contribution in [0.2, 0.25) is 0 Å². The van der Waals surface area contributed by atoms with Crippen molar-refractivity contribution in [3.05, 3.63) is 65.2 Å². The van der Waals surface area contributed by atoms with Crippen LogP contribution in [0.1, 0.15) is 24.1 Å². The van der Waals surface area contributed by atoms with Gasteiger partial charge < -0.3 is 24.2 Å². The molecule has 1 N–H and O–H groups in total. The molecule has 2 aromatic rings. The zero-order valence-corrected chi connectivity index (χ0v) is 17.5. The molecule has 162 valence electrons. The molecule has 0 saturated carbocycles. The summed E-state index contributed by atoms with van der Waals surface area (Å²) < 4.78 is 15.4. The molecule has 8 heteroatoms. The number of aliphatic hydroxyl groups is 1. The first kappa shape index (κ1) is 22.0. The molecular weight excluding hydrogens is 402 g/mol. The fourth-order valence-corrected chi connectivity index (χ4v) is 3.52. The molecule has 8 nitrogen and oxygen atoms in total. The van der Waals surface area contributed by atoms with Gasteiger partial charge in [0.15, 0.2) is 0 Å². The third kappa shape index (κ3) is 4.44. The average Bonchev–Trinajstić information content (AvgIpc) is 3.02. The molecule has 1 aliphatic heterocycles. The molecule has 0 aromatic heterocycles. The number of hydrogen-bond acceptors (Lipinski definition) is 7. The number of methoxy groups -OCH3 is 2. The summed E-state index contributed by atoms with van der Waals surface area (Å²) in [6.07, 6.45) is 0. The molecule has 2 aromatic carbocycles. The van der Waals surface area contributed by atoms with E-state index in [0.29, 0.717) is 22.6 Å². The van der Waals surface area contributed by atoms with Gasteiger partial charge >= 0.3 is 5.97 Å². The molecule has 0 aliphatic carbocycles. The highest BCUT2D eigenvalue weighted by Crippen LogP contribution is 2.41. The Morgan fingerprint density at radius 1 is 1.06 bits per heavy atom. The van der Waals surface area contributed by atoms with E-state index in [1.165, 1.54) is 26.0 Å². The second-order valence-corrected chi connectivity index (χ2v) is 6.85. The average molecular weight is 425 g/mol. The number of amides is 1. The summed E-state index contributed by atoms with van der Waals surface area (Å²) in [4.78, 5) is 38.3. The lowest BCUT2D eigenvalue weighted by molar-refractivity contribution is -0.140. The number of nitrogens with zero attached hydrogens (tertiary/aromatic N) is 1. The third-order valence-corrected chi connectivity index (χ3v) is 4.90. The molecule has 3 rings (SSSR count). The first-order valence-electron chi connectivity index (χ1n) is 9.58. The minimum Gasteiger partial charge on any atom is -0.507 e. The summed E-state index contributed by atoms with van der Waals surface area (Å²) in [6.45, 7) is 1.66. The van der Waals surface area contributed by atoms with Crippen LogP contribution in [0.3, 0.4) is 0 Å². The zero-order valence-electron chi connectivity index (χ0n) is 17.5. The van der Waals surface area contributed by atoms with E-state index in [9.17, 15) is 19.5 Å². The quantitative estimate of drug-likeness (QED) is 0.239. The number of aliphatic hydroxyl groups excluding tert-OH is 1. The van der Waals surface area contributed by atoms with E-state index in [1.54, 1.807) is 48.5 Å². The van der Waals surface area contributed by atoms with Crippen molar-refractivity contribution in [2.24, 2.45) is 0 Å². The molecule has 1 unspecified atom stereocenters. The zero-order chi connectivity index (χ0) is 22.5. The molecule has 1 heterocycles. The number of benzene rings is 2. The first-order valence-corrected chi connectivity index (χ1v) is 9.58. The Bertz CT molecular complexity index is 1030. The van der Waals surface area contributed by atoms with Gasteiger partial charge in [-0.25, -0.2) is 0 Å². The number of ether oxygens (including phenoxy) is 3. The maximum absolute atomic E-state index is 12.9. The van der Waals surface area contributed by atoms with Crippen LogP contribution in [-0.2, 0) is 19.1 Å². The fourth-order valence-electron chi connectivity index (χ4n) is 3.52. The summed E-state index contributed by atoms with van der Waals surface area (Å²) in [5.74, 6) is -1.63. The lowest BCUT2D eigenvalue weighted by Gasteiger charge is -2.25. The number of likely N-dealkylation sites (tertiary alicyclic amines) is 1. The van der Waals surface area contributed by atoms with Gasteiger partial charge in [-0.1, -0.05) is 24.3 Å². The highest BCUT2D eigenvalue weighted by Gasteiger charge is 2.46. The van der Waals surface area contributed by atoms with Crippen molar-refractivity contribution in [1.82, 2.24) is 4.90 Å². The smallest absolute Gasteiger partial charge is 0.308 e. The number of carbonyl (C=O) groups excluding carboxylic acids is 3. The standard InChI is InChI=1S/C23H23NO7/c1-14(25)31-16-10-8-15(9-11-16)20-19(22(27)23(28)24(20)12-13-29-2)21(26)17-6-4-5-7-18(17)30-3/h4-11,20,26H,12-13H2,1-3H3/b21-19-. The Labute approximate surface area is 179 Å². The Morgan fingerprint density at radius 2 is 1.74 bits per heavy atom. The predicted molar refractivity (Wildman–Crippen MR) is 112 cm³/mol. The van der Waals surface area contributed by atoms with Crippen LogP contribution >= 0.6 is 0 Å². The predicted octanol–water partition coefficient (Wildman–Crippen LogP) is 2.69. The van der Waals surface area contributed by atoms with Crippen molar-refractivity contribution in [2.75, 3.05) is 27.4 Å². The van der Waals surface area contributed by atoms with Crippen LogP contribution in [0.15, 0.2) is 54.1 Å². The lowest BCUT2D eigenvalue weighted by Crippen LogP contribution is -2.32. The van der Waals surface area contributed by atoms with Crippen molar-refractivity contribution >= 4 is 23.4 Å². The van der Waals surface area contributed by atoms with Crippen LogP contribution in [0.4, 0.5) is 0 Å². The SMILES string of the molecule is COCCN1C(=O)C(=O)/C(=C(\O)c2ccccc2OC)C1c1ccc(OC(C)=O)cc1. The van der Waals surface area contributed by atoms with E-state index in [4.69, 9.17) is 14.2 Å². The highest BCUT2D eigenvalue weighted by atomic mass is 16.5. The van der Waals surface area contributed by atoms with E-state index >= 15 is 0 Å². The number of para-hydroxylation sites is 1. The van der Waals surface area contributed by atoms with Crippen LogP contribution in [0.25, 0.3) is 5.76 Å². The Morgan fingerprint density at radius 3 is 2.35 bits per heavy atom. The number of esters is 1. The van der Waals surface area contributed by atoms with Crippen molar-refractivity contribution in [3.8, 4) is 11.5 Å². The monoisotopic (exact) mass is 425 g/mol. The molecule has 0 bridgehead atoms. The minimum atomic E-state index is -0.841. The van der Waals surface area contributed by atoms with E-state index in [2.05, 4.69) is 0 Å². The molecule has 1 amide bonds. The fraction of sp³-hybridized carbons (Fsp3) is 0.261. The molecule has 1 atom stereocenters. The molecular formula is C23H23NO7. The molecule has 31 heavy (non-hydrogen) atoms. The number of hydrogen-bond donors (Lipinski definition) is 1. The molecule has 0 radical (unpaired) electrons. The van der Waals surface area contributed by atoms with E-state index in [0.717, 1.165) is 0 Å². The first-order chi connectivity index (χ1) is 14.9. The summed E-state index contributed by atoms with van der Waals surface area (Å²) >= 11 is 0. The van der Waals surface area contributed by atoms with Crippen LogP contribution < -0.4 is 9.47 Å². The second kappa shape index (κ2) is 9.44. The minimum absolute atomic E-state index is 0.0501.